The Balaban J connectivity index is 1.23. The first-order chi connectivity index (χ1) is 37.4. The molecule has 5 heteroatoms. The molecule has 2 aliphatic carbocycles. The Morgan fingerprint density at radius 2 is 0.937 bits per heavy atom. The third-order valence-corrected chi connectivity index (χ3v) is 20.2. The van der Waals surface area contributed by atoms with Gasteiger partial charge in [0, 0.05) is 44.4 Å². The van der Waals surface area contributed by atoms with E-state index in [-0.39, 0.29) is 39.2 Å². The molecule has 0 radical (unpaired) electrons. The molecular formula is C74H78BN3S. The largest absolute Gasteiger partial charge is 0.311 e. The van der Waals surface area contributed by atoms with Crippen molar-refractivity contribution in [3.63, 3.8) is 0 Å². The smallest absolute Gasteiger partial charge is 0.254 e. The van der Waals surface area contributed by atoms with E-state index in [2.05, 4.69) is 281 Å². The van der Waals surface area contributed by atoms with Crippen LogP contribution in [0.4, 0.5) is 50.5 Å². The number of anilines is 9. The molecule has 0 fully saturated rings. The zero-order valence-corrected chi connectivity index (χ0v) is 50.1. The molecule has 79 heavy (non-hydrogen) atoms. The summed E-state index contributed by atoms with van der Waals surface area (Å²) in [5, 5.41) is 2.66. The first-order valence-electron chi connectivity index (χ1n) is 29.2. The van der Waals surface area contributed by atoms with Crippen LogP contribution in [0.2, 0.25) is 0 Å². The second-order valence-corrected chi connectivity index (χ2v) is 29.4. The summed E-state index contributed by atoms with van der Waals surface area (Å²) in [5.41, 5.74) is 24.8. The van der Waals surface area contributed by atoms with Crippen molar-refractivity contribution >= 4 is 95.0 Å². The predicted molar refractivity (Wildman–Crippen MR) is 344 cm³/mol. The number of nitrogens with zero attached hydrogens (tertiary/aromatic N) is 3. The minimum absolute atomic E-state index is 0.00358. The van der Waals surface area contributed by atoms with Crippen LogP contribution in [-0.2, 0) is 32.5 Å². The van der Waals surface area contributed by atoms with E-state index in [1.807, 2.05) is 11.3 Å². The van der Waals surface area contributed by atoms with Crippen LogP contribution in [0.15, 0.2) is 170 Å². The van der Waals surface area contributed by atoms with Crippen LogP contribution in [0, 0.1) is 0 Å². The molecule has 0 N–H and O–H groups in total. The van der Waals surface area contributed by atoms with E-state index < -0.39 is 0 Å². The Bertz CT molecular complexity index is 3850. The summed E-state index contributed by atoms with van der Waals surface area (Å²) in [4.78, 5) is 7.94. The van der Waals surface area contributed by atoms with E-state index in [1.54, 1.807) is 0 Å². The van der Waals surface area contributed by atoms with Gasteiger partial charge >= 0.3 is 0 Å². The quantitative estimate of drug-likeness (QED) is 0.154. The highest BCUT2D eigenvalue weighted by Crippen LogP contribution is 2.56. The molecule has 1 aromatic heterocycles. The van der Waals surface area contributed by atoms with Crippen LogP contribution in [0.1, 0.15) is 156 Å². The Labute approximate surface area is 476 Å². The van der Waals surface area contributed by atoms with Gasteiger partial charge in [-0.15, -0.1) is 11.3 Å². The lowest BCUT2D eigenvalue weighted by Gasteiger charge is -2.48. The van der Waals surface area contributed by atoms with Crippen molar-refractivity contribution in [1.82, 2.24) is 0 Å². The monoisotopic (exact) mass is 1050 g/mol. The molecule has 13 rings (SSSR count). The maximum Gasteiger partial charge on any atom is 0.254 e. The van der Waals surface area contributed by atoms with E-state index in [4.69, 9.17) is 0 Å². The zero-order valence-electron chi connectivity index (χ0n) is 49.3. The molecule has 0 saturated heterocycles. The number of benzene rings is 8. The Kier molecular flexibility index (Phi) is 11.7. The van der Waals surface area contributed by atoms with E-state index in [1.165, 1.54) is 111 Å². The van der Waals surface area contributed by atoms with E-state index in [0.29, 0.717) is 0 Å². The van der Waals surface area contributed by atoms with Gasteiger partial charge in [0.2, 0.25) is 0 Å². The van der Waals surface area contributed by atoms with Gasteiger partial charge in [-0.05, 0) is 192 Å². The summed E-state index contributed by atoms with van der Waals surface area (Å²) in [5.74, 6) is 0. The van der Waals surface area contributed by atoms with Gasteiger partial charge in [0.1, 0.15) is 0 Å². The minimum atomic E-state index is -0.0596. The summed E-state index contributed by atoms with van der Waals surface area (Å²) in [7, 11) is 0. The van der Waals surface area contributed by atoms with Gasteiger partial charge < -0.3 is 14.7 Å². The molecule has 3 nitrogen and oxygen atoms in total. The average molecular weight is 1050 g/mol. The maximum atomic E-state index is 2.73. The molecule has 398 valence electrons. The topological polar surface area (TPSA) is 9.72 Å². The lowest BCUT2D eigenvalue weighted by atomic mass is 9.33. The van der Waals surface area contributed by atoms with Gasteiger partial charge in [0.05, 0.1) is 16.4 Å². The third-order valence-electron chi connectivity index (χ3n) is 19.1. The van der Waals surface area contributed by atoms with Gasteiger partial charge in [-0.3, -0.25) is 0 Å². The fourth-order valence-electron chi connectivity index (χ4n) is 14.0. The number of thiophene rings is 1. The van der Waals surface area contributed by atoms with Crippen LogP contribution in [0.5, 0.6) is 0 Å². The Morgan fingerprint density at radius 1 is 0.430 bits per heavy atom. The van der Waals surface area contributed by atoms with Crippen molar-refractivity contribution in [2.24, 2.45) is 0 Å². The van der Waals surface area contributed by atoms with Gasteiger partial charge in [-0.2, -0.15) is 0 Å². The first-order valence-corrected chi connectivity index (χ1v) is 30.0. The molecule has 0 amide bonds. The van der Waals surface area contributed by atoms with Gasteiger partial charge in [0.15, 0.2) is 0 Å². The van der Waals surface area contributed by atoms with Crippen molar-refractivity contribution in [1.29, 1.82) is 0 Å². The third kappa shape index (κ3) is 8.34. The molecular weight excluding hydrogens is 974 g/mol. The van der Waals surface area contributed by atoms with Gasteiger partial charge in [-0.25, -0.2) is 0 Å². The molecule has 9 aromatic rings. The zero-order chi connectivity index (χ0) is 55.3. The van der Waals surface area contributed by atoms with Crippen molar-refractivity contribution in [3.8, 4) is 11.1 Å². The van der Waals surface area contributed by atoms with Crippen molar-refractivity contribution in [2.45, 2.75) is 155 Å². The van der Waals surface area contributed by atoms with E-state index >= 15 is 0 Å². The molecule has 0 spiro atoms. The molecule has 3 heterocycles. The number of rotatable bonds is 6. The SMILES string of the molecule is CC(C)(C)c1ccc(N2c3cc(N(c4ccccc4)c4ccccc4)cc4c3B(c3cc5c(cc3N4c3ccc4c(c3)C(C)(C)CCC4(C)C)C(C)(C)CCC5(C)C)c3c2sc2ccc(C(C)(C)C)cc32)c(-c2ccccc2)c1. The van der Waals surface area contributed by atoms with Crippen LogP contribution < -0.4 is 31.1 Å². The maximum absolute atomic E-state index is 2.73. The van der Waals surface area contributed by atoms with Crippen LogP contribution >= 0.6 is 11.3 Å². The van der Waals surface area contributed by atoms with E-state index in [0.717, 1.165) is 36.3 Å². The molecule has 0 saturated carbocycles. The van der Waals surface area contributed by atoms with Gasteiger partial charge in [0.25, 0.3) is 6.71 Å². The van der Waals surface area contributed by atoms with Crippen LogP contribution in [0.25, 0.3) is 21.2 Å². The second-order valence-electron chi connectivity index (χ2n) is 28.4. The van der Waals surface area contributed by atoms with Gasteiger partial charge in [-0.1, -0.05) is 194 Å². The fraction of sp³-hybridized carbons (Fsp3) is 0.324. The predicted octanol–water partition coefficient (Wildman–Crippen LogP) is 19.4. The molecule has 2 aliphatic heterocycles. The van der Waals surface area contributed by atoms with E-state index in [9.17, 15) is 0 Å². The summed E-state index contributed by atoms with van der Waals surface area (Å²) < 4.78 is 1.32. The molecule has 0 atom stereocenters. The fourth-order valence-corrected chi connectivity index (χ4v) is 15.3. The first kappa shape index (κ1) is 51.6. The molecule has 4 aliphatic rings. The highest BCUT2D eigenvalue weighted by Gasteiger charge is 2.49. The molecule has 0 bridgehead atoms. The number of para-hydroxylation sites is 2. The lowest BCUT2D eigenvalue weighted by Crippen LogP contribution is -2.61. The standard InChI is InChI=1S/C74H78BN3S/c1-69(2,3)48-30-34-61(54(40-48)47-24-18-15-19-25-47)78-64-44-53(76(50-26-20-16-21-27-50)51-28-22-17-23-29-51)43-63-67(64)75(66-55-41-49(70(4,5)6)31-35-65(55)79-68(66)78)60-45-58-59(74(13,14)39-38-73(58,11)12)46-62(60)77(63)52-32-33-56-57(42-52)72(9,10)37-36-71(56,7)8/h15-35,40-46H,36-39H2,1-14H3. The Hall–Kier alpha value is -6.82. The number of fused-ring (bicyclic) bond motifs is 8. The summed E-state index contributed by atoms with van der Waals surface area (Å²) in [6.45, 7) is 34.0. The van der Waals surface area contributed by atoms with Crippen molar-refractivity contribution in [3.05, 3.63) is 203 Å². The second kappa shape index (κ2) is 17.8. The molecule has 8 aromatic carbocycles. The number of hydrogen-bond donors (Lipinski definition) is 0. The summed E-state index contributed by atoms with van der Waals surface area (Å²) in [6.07, 6.45) is 4.62. The Morgan fingerprint density at radius 3 is 1.52 bits per heavy atom. The lowest BCUT2D eigenvalue weighted by molar-refractivity contribution is 0.332. The van der Waals surface area contributed by atoms with Crippen LogP contribution in [-0.4, -0.2) is 6.71 Å². The highest BCUT2D eigenvalue weighted by molar-refractivity contribution is 7.26. The highest BCUT2D eigenvalue weighted by atomic mass is 32.1. The number of hydrogen-bond acceptors (Lipinski definition) is 4. The summed E-state index contributed by atoms with van der Waals surface area (Å²) in [6, 6.07) is 66.1. The minimum Gasteiger partial charge on any atom is -0.311 e. The normalized spacial score (nSPS) is 17.4. The summed E-state index contributed by atoms with van der Waals surface area (Å²) >= 11 is 1.97. The average Bonchev–Trinajstić information content (AvgIpc) is 4.08. The van der Waals surface area contributed by atoms with Crippen LogP contribution in [0.3, 0.4) is 0 Å². The molecule has 0 unspecified atom stereocenters. The van der Waals surface area contributed by atoms with Crippen molar-refractivity contribution in [2.75, 3.05) is 14.7 Å². The van der Waals surface area contributed by atoms with Crippen molar-refractivity contribution < 1.29 is 0 Å².